The van der Waals surface area contributed by atoms with Gasteiger partial charge in [0, 0.05) is 12.6 Å². The van der Waals surface area contributed by atoms with Gasteiger partial charge < -0.3 is 4.74 Å². The van der Waals surface area contributed by atoms with Crippen molar-refractivity contribution in [1.29, 1.82) is 0 Å². The lowest BCUT2D eigenvalue weighted by Crippen LogP contribution is -2.19. The van der Waals surface area contributed by atoms with Crippen molar-refractivity contribution in [3.63, 3.8) is 0 Å². The summed E-state index contributed by atoms with van der Waals surface area (Å²) in [5.41, 5.74) is 5.42. The van der Waals surface area contributed by atoms with Crippen LogP contribution in [0, 0.1) is 5.41 Å². The zero-order valence-corrected chi connectivity index (χ0v) is 16.7. The zero-order valence-electron chi connectivity index (χ0n) is 16.7. The van der Waals surface area contributed by atoms with Crippen LogP contribution in [0.4, 0.5) is 0 Å². The van der Waals surface area contributed by atoms with E-state index in [2.05, 4.69) is 50.9 Å². The van der Waals surface area contributed by atoms with Crippen LogP contribution in [-0.2, 0) is 9.53 Å². The van der Waals surface area contributed by atoms with Crippen molar-refractivity contribution in [2.45, 2.75) is 60.8 Å². The fourth-order valence-corrected chi connectivity index (χ4v) is 3.08. The Hall–Kier alpha value is -1.90. The molecule has 0 fully saturated rings. The molecule has 0 heterocycles. The predicted molar refractivity (Wildman–Crippen MR) is 107 cm³/mol. The second-order valence-corrected chi connectivity index (χ2v) is 7.40. The first-order valence-electron chi connectivity index (χ1n) is 9.10. The Labute approximate surface area is 153 Å². The highest BCUT2D eigenvalue weighted by molar-refractivity contribution is 5.93. The number of hydrogen-bond acceptors (Lipinski definition) is 3. The lowest BCUT2D eigenvalue weighted by atomic mass is 9.72. The van der Waals surface area contributed by atoms with E-state index < -0.39 is 0 Å². The van der Waals surface area contributed by atoms with E-state index in [-0.39, 0.29) is 11.4 Å². The highest BCUT2D eigenvalue weighted by Gasteiger charge is 2.26. The molecule has 1 aliphatic rings. The van der Waals surface area contributed by atoms with Crippen LogP contribution in [0.2, 0.25) is 0 Å². The molecule has 0 aromatic rings. The Morgan fingerprint density at radius 3 is 2.60 bits per heavy atom. The van der Waals surface area contributed by atoms with E-state index in [1.54, 1.807) is 0 Å². The molecule has 0 aromatic heterocycles. The number of aliphatic imine (C=N–C) groups is 1. The summed E-state index contributed by atoms with van der Waals surface area (Å²) in [4.78, 5) is 15.0. The molecule has 1 aliphatic carbocycles. The lowest BCUT2D eigenvalue weighted by molar-refractivity contribution is -0.140. The van der Waals surface area contributed by atoms with Gasteiger partial charge in [0.25, 0.3) is 0 Å². The van der Waals surface area contributed by atoms with Gasteiger partial charge in [0.15, 0.2) is 0 Å². The van der Waals surface area contributed by atoms with Crippen molar-refractivity contribution in [3.8, 4) is 0 Å². The van der Waals surface area contributed by atoms with Gasteiger partial charge in [0.05, 0.1) is 6.54 Å². The number of nitrogens with zero attached hydrogens (tertiary/aromatic N) is 1. The molecular formula is C22H33NO2. The first-order chi connectivity index (χ1) is 11.7. The molecule has 0 N–H and O–H groups in total. The van der Waals surface area contributed by atoms with Gasteiger partial charge in [0.2, 0.25) is 0 Å². The van der Waals surface area contributed by atoms with Gasteiger partial charge in [-0.2, -0.15) is 0 Å². The minimum absolute atomic E-state index is 0.264. The molecular weight excluding hydrogens is 310 g/mol. The molecule has 1 rings (SSSR count). The number of carbonyl (C=O) groups is 1. The summed E-state index contributed by atoms with van der Waals surface area (Å²) in [5, 5.41) is 0. The number of esters is 1. The zero-order chi connectivity index (χ0) is 18.9. The third-order valence-electron chi connectivity index (χ3n) is 4.51. The number of rotatable bonds is 7. The van der Waals surface area contributed by atoms with Crippen LogP contribution < -0.4 is 0 Å². The largest absolute Gasteiger partial charge is 0.464 e. The molecule has 0 saturated heterocycles. The van der Waals surface area contributed by atoms with E-state index in [9.17, 15) is 4.79 Å². The minimum Gasteiger partial charge on any atom is -0.464 e. The fraction of sp³-hybridized carbons (Fsp3) is 0.545. The normalized spacial score (nSPS) is 19.1. The highest BCUT2D eigenvalue weighted by atomic mass is 16.5. The molecule has 138 valence electrons. The molecule has 0 aliphatic heterocycles. The Bertz CT molecular complexity index is 616. The standard InChI is InChI=1S/C22H33NO2/c1-17(9-7-11-19(3)23-15-16-25-20(4)24)12-13-21-18(2)10-8-14-22(21,5)6/h7,9,11-13H,8,10,14-16H2,1-6H3/b11-7+,13-12+,17-9+,23-19+. The Balaban J connectivity index is 2.60. The van der Waals surface area contributed by atoms with Crippen LogP contribution in [0.15, 0.2) is 52.1 Å². The molecule has 3 heteroatoms. The van der Waals surface area contributed by atoms with Crippen LogP contribution >= 0.6 is 0 Å². The topological polar surface area (TPSA) is 38.7 Å². The van der Waals surface area contributed by atoms with E-state index in [1.165, 1.54) is 42.9 Å². The van der Waals surface area contributed by atoms with Crippen molar-refractivity contribution in [1.82, 2.24) is 0 Å². The van der Waals surface area contributed by atoms with E-state index in [1.807, 2.05) is 19.1 Å². The van der Waals surface area contributed by atoms with E-state index in [0.29, 0.717) is 13.2 Å². The monoisotopic (exact) mass is 343 g/mol. The number of ether oxygens (including phenoxy) is 1. The molecule has 0 unspecified atom stereocenters. The third-order valence-corrected chi connectivity index (χ3v) is 4.51. The van der Waals surface area contributed by atoms with Crippen LogP contribution in [0.5, 0.6) is 0 Å². The van der Waals surface area contributed by atoms with Crippen molar-refractivity contribution >= 4 is 11.7 Å². The van der Waals surface area contributed by atoms with Gasteiger partial charge in [-0.25, -0.2) is 0 Å². The molecule has 0 aromatic carbocycles. The second kappa shape index (κ2) is 10.2. The summed E-state index contributed by atoms with van der Waals surface area (Å²) in [6.07, 6.45) is 14.3. The summed E-state index contributed by atoms with van der Waals surface area (Å²) in [5.74, 6) is -0.264. The van der Waals surface area contributed by atoms with Gasteiger partial charge in [-0.1, -0.05) is 49.3 Å². The van der Waals surface area contributed by atoms with Crippen molar-refractivity contribution in [2.75, 3.05) is 13.2 Å². The summed E-state index contributed by atoms with van der Waals surface area (Å²) in [7, 11) is 0. The number of carbonyl (C=O) groups excluding carboxylic acids is 1. The van der Waals surface area contributed by atoms with E-state index in [0.717, 1.165) is 5.71 Å². The summed E-state index contributed by atoms with van der Waals surface area (Å²) >= 11 is 0. The molecule has 0 amide bonds. The third kappa shape index (κ3) is 8.15. The molecule has 0 atom stereocenters. The molecule has 0 saturated carbocycles. The Morgan fingerprint density at radius 2 is 1.96 bits per heavy atom. The SMILES string of the molecule is CC(=O)OCC/N=C(C)/C=C/C=C(C)/C=C/C1=C(C)CCCC1(C)C. The smallest absolute Gasteiger partial charge is 0.302 e. The van der Waals surface area contributed by atoms with Gasteiger partial charge in [-0.15, -0.1) is 0 Å². The van der Waals surface area contributed by atoms with Gasteiger partial charge in [-0.05, 0) is 57.1 Å². The molecule has 3 nitrogen and oxygen atoms in total. The maximum absolute atomic E-state index is 10.7. The lowest BCUT2D eigenvalue weighted by Gasteiger charge is -2.32. The molecule has 0 bridgehead atoms. The van der Waals surface area contributed by atoms with Crippen molar-refractivity contribution in [3.05, 3.63) is 47.1 Å². The molecule has 25 heavy (non-hydrogen) atoms. The van der Waals surface area contributed by atoms with E-state index in [4.69, 9.17) is 4.74 Å². The fourth-order valence-electron chi connectivity index (χ4n) is 3.08. The summed E-state index contributed by atoms with van der Waals surface area (Å²) < 4.78 is 4.85. The minimum atomic E-state index is -0.264. The summed E-state index contributed by atoms with van der Waals surface area (Å²) in [6, 6.07) is 0. The van der Waals surface area contributed by atoms with Crippen LogP contribution in [0.1, 0.15) is 60.8 Å². The average Bonchev–Trinajstić information content (AvgIpc) is 2.50. The Kier molecular flexibility index (Phi) is 8.60. The van der Waals surface area contributed by atoms with Crippen LogP contribution in [0.25, 0.3) is 0 Å². The Morgan fingerprint density at radius 1 is 1.24 bits per heavy atom. The second-order valence-electron chi connectivity index (χ2n) is 7.40. The maximum Gasteiger partial charge on any atom is 0.302 e. The predicted octanol–water partition coefficient (Wildman–Crippen LogP) is 5.60. The first-order valence-corrected chi connectivity index (χ1v) is 9.10. The maximum atomic E-state index is 10.7. The van der Waals surface area contributed by atoms with Gasteiger partial charge in [0.1, 0.15) is 6.61 Å². The molecule has 0 radical (unpaired) electrons. The van der Waals surface area contributed by atoms with Crippen molar-refractivity contribution < 1.29 is 9.53 Å². The quantitative estimate of drug-likeness (QED) is 0.261. The highest BCUT2D eigenvalue weighted by Crippen LogP contribution is 2.40. The number of hydrogen-bond donors (Lipinski definition) is 0. The van der Waals surface area contributed by atoms with Gasteiger partial charge in [-0.3, -0.25) is 9.79 Å². The van der Waals surface area contributed by atoms with Gasteiger partial charge >= 0.3 is 5.97 Å². The van der Waals surface area contributed by atoms with Crippen LogP contribution in [0.3, 0.4) is 0 Å². The van der Waals surface area contributed by atoms with Crippen molar-refractivity contribution in [2.24, 2.45) is 10.4 Å². The number of allylic oxidation sites excluding steroid dienone is 8. The van der Waals surface area contributed by atoms with E-state index >= 15 is 0 Å². The molecule has 0 spiro atoms. The first kappa shape index (κ1) is 21.1. The average molecular weight is 344 g/mol. The summed E-state index contributed by atoms with van der Waals surface area (Å²) in [6.45, 7) is 13.2. The van der Waals surface area contributed by atoms with Crippen LogP contribution in [-0.4, -0.2) is 24.8 Å².